The van der Waals surface area contributed by atoms with E-state index in [1.165, 1.54) is 22.8 Å². The zero-order valence-corrected chi connectivity index (χ0v) is 21.3. The Morgan fingerprint density at radius 1 is 0.949 bits per heavy atom. The van der Waals surface area contributed by atoms with Gasteiger partial charge in [0, 0.05) is 11.4 Å². The summed E-state index contributed by atoms with van der Waals surface area (Å²) in [7, 11) is 0. The van der Waals surface area contributed by atoms with Crippen LogP contribution in [0.2, 0.25) is 0 Å². The second-order valence-electron chi connectivity index (χ2n) is 9.10. The van der Waals surface area contributed by atoms with Crippen LogP contribution in [0.1, 0.15) is 36.5 Å². The quantitative estimate of drug-likeness (QED) is 0.285. The van der Waals surface area contributed by atoms with E-state index < -0.39 is 29.2 Å². The number of rotatable bonds is 5. The summed E-state index contributed by atoms with van der Waals surface area (Å²) in [4.78, 5) is 27.7. The highest BCUT2D eigenvalue weighted by Gasteiger charge is 2.42. The van der Waals surface area contributed by atoms with Gasteiger partial charge < -0.3 is 10.1 Å². The molecule has 1 aliphatic rings. The van der Waals surface area contributed by atoms with Crippen LogP contribution in [0.15, 0.2) is 107 Å². The zero-order valence-electron chi connectivity index (χ0n) is 21.3. The third-order valence-electron chi connectivity index (χ3n) is 6.71. The van der Waals surface area contributed by atoms with Crippen LogP contribution in [0.4, 0.5) is 18.9 Å². The van der Waals surface area contributed by atoms with Crippen molar-refractivity contribution >= 4 is 11.7 Å². The van der Waals surface area contributed by atoms with E-state index in [2.05, 4.69) is 5.32 Å². The smallest absolute Gasteiger partial charge is 0.416 e. The molecule has 0 aliphatic carbocycles. The van der Waals surface area contributed by atoms with Crippen LogP contribution in [0.3, 0.4) is 0 Å². The first-order chi connectivity index (χ1) is 18.7. The molecule has 1 atom stereocenters. The maximum atomic E-state index is 14.5. The van der Waals surface area contributed by atoms with Crippen molar-refractivity contribution in [2.24, 2.45) is 0 Å². The van der Waals surface area contributed by atoms with Crippen molar-refractivity contribution in [2.45, 2.75) is 25.9 Å². The summed E-state index contributed by atoms with van der Waals surface area (Å²) in [6, 6.07) is 24.9. The largest absolute Gasteiger partial charge is 0.463 e. The summed E-state index contributed by atoms with van der Waals surface area (Å²) in [6.07, 6.45) is -4.71. The van der Waals surface area contributed by atoms with Gasteiger partial charge in [0.2, 0.25) is 0 Å². The molecule has 0 amide bonds. The molecule has 0 bridgehead atoms. The van der Waals surface area contributed by atoms with Gasteiger partial charge in [-0.15, -0.1) is 0 Å². The highest BCUT2D eigenvalue weighted by Crippen LogP contribution is 2.46. The van der Waals surface area contributed by atoms with Crippen molar-refractivity contribution in [3.63, 3.8) is 0 Å². The lowest BCUT2D eigenvalue weighted by Crippen LogP contribution is -2.34. The molecule has 0 saturated heterocycles. The second-order valence-corrected chi connectivity index (χ2v) is 9.10. The van der Waals surface area contributed by atoms with Crippen LogP contribution in [0.25, 0.3) is 16.9 Å². The fourth-order valence-corrected chi connectivity index (χ4v) is 5.09. The van der Waals surface area contributed by atoms with Crippen LogP contribution < -0.4 is 10.9 Å². The van der Waals surface area contributed by atoms with Crippen LogP contribution in [0.5, 0.6) is 0 Å². The number of carbonyl (C=O) groups is 1. The van der Waals surface area contributed by atoms with Crippen LogP contribution in [0, 0.1) is 0 Å². The van der Waals surface area contributed by atoms with Gasteiger partial charge in [-0.25, -0.2) is 4.79 Å². The number of pyridine rings is 1. The summed E-state index contributed by atoms with van der Waals surface area (Å²) < 4.78 is 49.5. The molecule has 8 heteroatoms. The van der Waals surface area contributed by atoms with Gasteiger partial charge in [-0.05, 0) is 49.2 Å². The number of fused-ring (bicyclic) bond motifs is 1. The predicted molar refractivity (Wildman–Crippen MR) is 144 cm³/mol. The first kappa shape index (κ1) is 26.0. The molecule has 5 rings (SSSR count). The maximum absolute atomic E-state index is 14.5. The van der Waals surface area contributed by atoms with Crippen LogP contribution >= 0.6 is 0 Å². The minimum Gasteiger partial charge on any atom is -0.463 e. The third kappa shape index (κ3) is 4.74. The van der Waals surface area contributed by atoms with Crippen molar-refractivity contribution in [3.05, 3.63) is 129 Å². The van der Waals surface area contributed by atoms with E-state index in [0.717, 1.165) is 11.6 Å². The Bertz CT molecular complexity index is 1620. The van der Waals surface area contributed by atoms with Crippen molar-refractivity contribution in [2.75, 3.05) is 11.9 Å². The fraction of sp³-hybridized carbons (Fsp3) is 0.161. The molecular weight excluding hydrogens is 505 g/mol. The molecule has 4 aromatic rings. The number of carbonyl (C=O) groups excluding carboxylic acids is 1. The van der Waals surface area contributed by atoms with Crippen molar-refractivity contribution in [3.8, 4) is 16.9 Å². The average Bonchev–Trinajstić information content (AvgIpc) is 2.92. The number of para-hydroxylation sites is 1. The lowest BCUT2D eigenvalue weighted by molar-refractivity contribution is -0.140. The Morgan fingerprint density at radius 2 is 1.56 bits per heavy atom. The normalized spacial score (nSPS) is 14.9. The van der Waals surface area contributed by atoms with Gasteiger partial charge in [-0.2, -0.15) is 13.2 Å². The molecule has 5 nitrogen and oxygen atoms in total. The Balaban J connectivity index is 1.89. The minimum atomic E-state index is -4.71. The Labute approximate surface area is 223 Å². The Kier molecular flexibility index (Phi) is 6.87. The lowest BCUT2D eigenvalue weighted by Gasteiger charge is -2.32. The van der Waals surface area contributed by atoms with Gasteiger partial charge in [-0.1, -0.05) is 66.7 Å². The molecule has 1 aliphatic heterocycles. The number of hydrogen-bond acceptors (Lipinski definition) is 4. The lowest BCUT2D eigenvalue weighted by atomic mass is 9.79. The van der Waals surface area contributed by atoms with Crippen LogP contribution in [-0.4, -0.2) is 17.1 Å². The first-order valence-electron chi connectivity index (χ1n) is 12.4. The van der Waals surface area contributed by atoms with Crippen molar-refractivity contribution < 1.29 is 22.7 Å². The van der Waals surface area contributed by atoms with Gasteiger partial charge >= 0.3 is 12.1 Å². The molecule has 1 aromatic heterocycles. The van der Waals surface area contributed by atoms with E-state index in [-0.39, 0.29) is 23.3 Å². The Hall–Kier alpha value is -4.59. The van der Waals surface area contributed by atoms with Crippen LogP contribution in [-0.2, 0) is 15.7 Å². The Morgan fingerprint density at radius 3 is 2.21 bits per heavy atom. The van der Waals surface area contributed by atoms with E-state index >= 15 is 0 Å². The zero-order chi connectivity index (χ0) is 27.7. The predicted octanol–water partition coefficient (Wildman–Crippen LogP) is 6.92. The molecule has 39 heavy (non-hydrogen) atoms. The maximum Gasteiger partial charge on any atom is 0.416 e. The molecule has 1 unspecified atom stereocenters. The molecule has 0 spiro atoms. The number of benzene rings is 3. The number of aromatic nitrogens is 1. The molecule has 2 heterocycles. The topological polar surface area (TPSA) is 60.3 Å². The van der Waals surface area contributed by atoms with Gasteiger partial charge in [0.25, 0.3) is 5.56 Å². The number of halogens is 3. The molecule has 3 aromatic carbocycles. The number of esters is 1. The van der Waals surface area contributed by atoms with Gasteiger partial charge in [-0.3, -0.25) is 9.36 Å². The highest BCUT2D eigenvalue weighted by molar-refractivity contribution is 5.95. The number of alkyl halides is 3. The molecular formula is C31H25F3N2O3. The number of allylic oxidation sites excluding steroid dienone is 1. The summed E-state index contributed by atoms with van der Waals surface area (Å²) in [6.45, 7) is 3.24. The first-order valence-corrected chi connectivity index (χ1v) is 12.4. The second kappa shape index (κ2) is 10.3. The molecule has 1 N–H and O–H groups in total. The van der Waals surface area contributed by atoms with E-state index in [1.807, 2.05) is 36.4 Å². The van der Waals surface area contributed by atoms with Gasteiger partial charge in [0.05, 0.1) is 40.6 Å². The summed E-state index contributed by atoms with van der Waals surface area (Å²) in [5.41, 5.74) is 0.819. The monoisotopic (exact) mass is 530 g/mol. The standard InChI is InChI=1S/C31H25F3N2O3/c1-3-39-30(38)26-19(2)35-24-18-25(20-12-6-4-7-13-20)36(21-14-8-5-9-15-21)29(37)28(24)27(26)22-16-10-11-17-23(22)31(32,33)34/h4-18,27,35H,3H2,1-2H3. The number of hydrogen-bond donors (Lipinski definition) is 1. The summed E-state index contributed by atoms with van der Waals surface area (Å²) >= 11 is 0. The van der Waals surface area contributed by atoms with Gasteiger partial charge in [0.15, 0.2) is 0 Å². The number of nitrogens with zero attached hydrogens (tertiary/aromatic N) is 1. The van der Waals surface area contributed by atoms with Gasteiger partial charge in [0.1, 0.15) is 0 Å². The number of nitrogens with one attached hydrogen (secondary N) is 1. The number of ether oxygens (including phenoxy) is 1. The summed E-state index contributed by atoms with van der Waals surface area (Å²) in [5.74, 6) is -2.10. The van der Waals surface area contributed by atoms with E-state index in [4.69, 9.17) is 4.74 Å². The highest BCUT2D eigenvalue weighted by atomic mass is 19.4. The fourth-order valence-electron chi connectivity index (χ4n) is 5.09. The number of anilines is 1. The van der Waals surface area contributed by atoms with E-state index in [9.17, 15) is 22.8 Å². The SMILES string of the molecule is CCOC(=O)C1=C(C)Nc2cc(-c3ccccc3)n(-c3ccccc3)c(=O)c2C1c1ccccc1C(F)(F)F. The average molecular weight is 531 g/mol. The molecule has 0 radical (unpaired) electrons. The minimum absolute atomic E-state index is 0.0251. The summed E-state index contributed by atoms with van der Waals surface area (Å²) in [5, 5.41) is 3.12. The molecule has 198 valence electrons. The molecule has 0 saturated carbocycles. The van der Waals surface area contributed by atoms with Crippen molar-refractivity contribution in [1.29, 1.82) is 0 Å². The molecule has 0 fully saturated rings. The third-order valence-corrected chi connectivity index (χ3v) is 6.71. The van der Waals surface area contributed by atoms with E-state index in [1.54, 1.807) is 44.2 Å². The van der Waals surface area contributed by atoms with E-state index in [0.29, 0.717) is 22.8 Å². The van der Waals surface area contributed by atoms with Crippen molar-refractivity contribution in [1.82, 2.24) is 4.57 Å².